The van der Waals surface area contributed by atoms with Gasteiger partial charge in [0, 0.05) is 32.4 Å². The van der Waals surface area contributed by atoms with Crippen LogP contribution in [0.15, 0.2) is 149 Å². The van der Waals surface area contributed by atoms with Crippen LogP contribution in [0.2, 0.25) is 0 Å². The maximum atomic E-state index is 13.5. The Morgan fingerprint density at radius 1 is 0.739 bits per heavy atom. The van der Waals surface area contributed by atoms with E-state index in [-0.39, 0.29) is 11.6 Å². The Morgan fingerprint density at radius 3 is 2.13 bits per heavy atom. The molecule has 0 heterocycles. The number of carbonyl (C=O) groups is 3. The Labute approximate surface area is 280 Å². The molecule has 0 fully saturated rings. The predicted octanol–water partition coefficient (Wildman–Crippen LogP) is 8.34. The molecular formula is C37H30BrN3O4S. The van der Waals surface area contributed by atoms with E-state index in [4.69, 9.17) is 4.74 Å². The summed E-state index contributed by atoms with van der Waals surface area (Å²) in [5.74, 6) is -0.417. The van der Waals surface area contributed by atoms with E-state index in [1.165, 1.54) is 11.8 Å². The van der Waals surface area contributed by atoms with Crippen molar-refractivity contribution in [2.75, 3.05) is 17.7 Å². The fourth-order valence-corrected chi connectivity index (χ4v) is 5.91. The maximum Gasteiger partial charge on any atom is 0.272 e. The van der Waals surface area contributed by atoms with Gasteiger partial charge in [-0.15, -0.1) is 11.8 Å². The summed E-state index contributed by atoms with van der Waals surface area (Å²) in [6.07, 6.45) is 1.62. The van der Waals surface area contributed by atoms with Gasteiger partial charge in [0.25, 0.3) is 11.8 Å². The molecule has 46 heavy (non-hydrogen) atoms. The van der Waals surface area contributed by atoms with Crippen LogP contribution in [0.1, 0.15) is 26.7 Å². The third kappa shape index (κ3) is 8.97. The van der Waals surface area contributed by atoms with Crippen LogP contribution >= 0.6 is 27.7 Å². The highest BCUT2D eigenvalue weighted by molar-refractivity contribution is 9.10. The summed E-state index contributed by atoms with van der Waals surface area (Å²) >= 11 is 4.84. The van der Waals surface area contributed by atoms with Gasteiger partial charge in [0.15, 0.2) is 0 Å². The molecule has 1 atom stereocenters. The fraction of sp³-hybridized carbons (Fsp3) is 0.0541. The Morgan fingerprint density at radius 2 is 1.43 bits per heavy atom. The fourth-order valence-electron chi connectivity index (χ4n) is 4.47. The van der Waals surface area contributed by atoms with E-state index in [1.54, 1.807) is 55.7 Å². The molecule has 3 amide bonds. The lowest BCUT2D eigenvalue weighted by Crippen LogP contribution is -2.30. The minimum absolute atomic E-state index is 0.0868. The van der Waals surface area contributed by atoms with Crippen LogP contribution in [0, 0.1) is 0 Å². The van der Waals surface area contributed by atoms with E-state index < -0.39 is 17.1 Å². The number of nitrogens with one attached hydrogen (secondary N) is 3. The van der Waals surface area contributed by atoms with Crippen molar-refractivity contribution in [1.29, 1.82) is 0 Å². The lowest BCUT2D eigenvalue weighted by molar-refractivity contribution is -0.116. The monoisotopic (exact) mass is 691 g/mol. The first-order chi connectivity index (χ1) is 22.4. The molecule has 7 nitrogen and oxygen atoms in total. The molecule has 5 aromatic rings. The zero-order valence-corrected chi connectivity index (χ0v) is 27.2. The van der Waals surface area contributed by atoms with E-state index in [9.17, 15) is 14.4 Å². The van der Waals surface area contributed by atoms with Crippen molar-refractivity contribution >= 4 is 62.9 Å². The smallest absolute Gasteiger partial charge is 0.272 e. The van der Waals surface area contributed by atoms with E-state index in [0.717, 1.165) is 20.5 Å². The summed E-state index contributed by atoms with van der Waals surface area (Å²) in [6, 6.07) is 40.1. The van der Waals surface area contributed by atoms with Gasteiger partial charge >= 0.3 is 0 Å². The van der Waals surface area contributed by atoms with E-state index in [2.05, 4.69) is 31.9 Å². The van der Waals surface area contributed by atoms with Crippen molar-refractivity contribution in [3.05, 3.63) is 160 Å². The van der Waals surface area contributed by atoms with Crippen molar-refractivity contribution < 1.29 is 19.1 Å². The number of thioether (sulfide) groups is 1. The summed E-state index contributed by atoms with van der Waals surface area (Å²) in [7, 11) is 1.58. The molecule has 0 saturated heterocycles. The van der Waals surface area contributed by atoms with Crippen molar-refractivity contribution in [3.8, 4) is 5.75 Å². The van der Waals surface area contributed by atoms with Crippen LogP contribution in [0.5, 0.6) is 5.75 Å². The molecule has 9 heteroatoms. The summed E-state index contributed by atoms with van der Waals surface area (Å²) < 4.78 is 6.13. The number of ether oxygens (including phenoxy) is 1. The third-order valence-electron chi connectivity index (χ3n) is 6.73. The Hall–Kier alpha value is -5.12. The summed E-state index contributed by atoms with van der Waals surface area (Å²) in [5, 5.41) is 8.09. The average molecular weight is 693 g/mol. The van der Waals surface area contributed by atoms with Crippen LogP contribution < -0.4 is 20.7 Å². The van der Waals surface area contributed by atoms with Crippen molar-refractivity contribution in [2.24, 2.45) is 0 Å². The number of benzene rings is 5. The van der Waals surface area contributed by atoms with Gasteiger partial charge in [0.2, 0.25) is 5.91 Å². The molecule has 0 aromatic heterocycles. The number of hydrogen-bond donors (Lipinski definition) is 3. The van der Waals surface area contributed by atoms with Gasteiger partial charge in [0.05, 0.1) is 7.11 Å². The molecule has 0 aliphatic carbocycles. The highest BCUT2D eigenvalue weighted by Gasteiger charge is 2.23. The molecule has 3 N–H and O–H groups in total. The lowest BCUT2D eigenvalue weighted by atomic mass is 10.1. The average Bonchev–Trinajstić information content (AvgIpc) is 3.08. The molecule has 230 valence electrons. The van der Waals surface area contributed by atoms with Gasteiger partial charge in [-0.05, 0) is 77.9 Å². The third-order valence-corrected chi connectivity index (χ3v) is 8.49. The zero-order valence-electron chi connectivity index (χ0n) is 24.8. The molecule has 1 unspecified atom stereocenters. The summed E-state index contributed by atoms with van der Waals surface area (Å²) in [6.45, 7) is 0. The van der Waals surface area contributed by atoms with Gasteiger partial charge in [-0.1, -0.05) is 82.7 Å². The second-order valence-electron chi connectivity index (χ2n) is 10.0. The molecule has 0 aliphatic heterocycles. The van der Waals surface area contributed by atoms with Gasteiger partial charge < -0.3 is 20.7 Å². The Balaban J connectivity index is 1.32. The molecule has 5 rings (SSSR count). The first kappa shape index (κ1) is 32.3. The Bertz CT molecular complexity index is 1850. The van der Waals surface area contributed by atoms with E-state index >= 15 is 0 Å². The highest BCUT2D eigenvalue weighted by atomic mass is 79.9. The van der Waals surface area contributed by atoms with Crippen LogP contribution in [-0.2, 0) is 9.59 Å². The van der Waals surface area contributed by atoms with Crippen LogP contribution in [-0.4, -0.2) is 24.8 Å². The first-order valence-corrected chi connectivity index (χ1v) is 16.0. The van der Waals surface area contributed by atoms with E-state index in [0.29, 0.717) is 22.7 Å². The normalized spacial score (nSPS) is 11.7. The molecule has 0 bridgehead atoms. The van der Waals surface area contributed by atoms with Gasteiger partial charge in [0.1, 0.15) is 16.7 Å². The molecule has 0 radical (unpaired) electrons. The first-order valence-electron chi connectivity index (χ1n) is 14.3. The minimum atomic E-state index is -0.541. The van der Waals surface area contributed by atoms with Gasteiger partial charge in [-0.3, -0.25) is 14.4 Å². The molecule has 0 aliphatic rings. The molecule has 0 spiro atoms. The number of rotatable bonds is 11. The number of amides is 3. The maximum absolute atomic E-state index is 13.5. The zero-order chi connectivity index (χ0) is 32.3. The second-order valence-corrected chi connectivity index (χ2v) is 12.1. The minimum Gasteiger partial charge on any atom is -0.497 e. The van der Waals surface area contributed by atoms with Crippen molar-refractivity contribution in [2.45, 2.75) is 10.1 Å². The summed E-state index contributed by atoms with van der Waals surface area (Å²) in [4.78, 5) is 40.7. The van der Waals surface area contributed by atoms with Gasteiger partial charge in [-0.2, -0.15) is 0 Å². The van der Waals surface area contributed by atoms with Crippen LogP contribution in [0.3, 0.4) is 0 Å². The number of halogens is 1. The SMILES string of the molecule is COc1cccc(NC(=O)C(Sc2ccc(NC(=O)/C(=C/c3cccc(Br)c3)NC(=O)c3ccccc3)cc2)c2ccccc2)c1. The predicted molar refractivity (Wildman–Crippen MR) is 188 cm³/mol. The second kappa shape index (κ2) is 15.7. The van der Waals surface area contributed by atoms with Crippen LogP contribution in [0.25, 0.3) is 6.08 Å². The highest BCUT2D eigenvalue weighted by Crippen LogP contribution is 2.37. The number of methoxy groups -OCH3 is 1. The van der Waals surface area contributed by atoms with E-state index in [1.807, 2.05) is 91.0 Å². The van der Waals surface area contributed by atoms with Crippen molar-refractivity contribution in [1.82, 2.24) is 5.32 Å². The number of carbonyl (C=O) groups excluding carboxylic acids is 3. The topological polar surface area (TPSA) is 96.5 Å². The number of hydrogen-bond acceptors (Lipinski definition) is 5. The van der Waals surface area contributed by atoms with Gasteiger partial charge in [-0.25, -0.2) is 0 Å². The molecule has 0 saturated carbocycles. The summed E-state index contributed by atoms with van der Waals surface area (Å²) in [5.41, 5.74) is 3.26. The van der Waals surface area contributed by atoms with Crippen molar-refractivity contribution in [3.63, 3.8) is 0 Å². The quantitative estimate of drug-likeness (QED) is 0.0956. The lowest BCUT2D eigenvalue weighted by Gasteiger charge is -2.18. The largest absolute Gasteiger partial charge is 0.497 e. The molecule has 5 aromatic carbocycles. The Kier molecular flexibility index (Phi) is 11.0. The molecular weight excluding hydrogens is 662 g/mol. The standard InChI is InChI=1S/C37H30BrN3O4S/c1-45-31-17-9-16-30(24-31)40-37(44)34(26-11-4-2-5-12-26)46-32-20-18-29(19-21-32)39-36(43)33(23-25-10-8-15-28(38)22-25)41-35(42)27-13-6-3-7-14-27/h2-24,34H,1H3,(H,39,43)(H,40,44)(H,41,42)/b33-23-. The number of anilines is 2. The van der Waals surface area contributed by atoms with Crippen LogP contribution in [0.4, 0.5) is 11.4 Å².